The second-order valence-electron chi connectivity index (χ2n) is 14.9. The quantitative estimate of drug-likeness (QED) is 0.101. The van der Waals surface area contributed by atoms with Gasteiger partial charge in [0.1, 0.15) is 41.9 Å². The third-order valence-corrected chi connectivity index (χ3v) is 10.9. The molecule has 4 N–H and O–H groups in total. The molecule has 2 aliphatic rings. The number of nitrogens with zero attached hydrogens (tertiary/aromatic N) is 3. The van der Waals surface area contributed by atoms with Gasteiger partial charge in [0, 0.05) is 74.2 Å². The standard InChI is InChI=1S/C42H49ClN4O9/c1-39(2)33(31-10-6-5-7-11-31)12-8-13-42(39,56-17-9-15-47-16-14-41(52,26-47)38(51)53-4)28-55-36-20-35(54-25-30-18-29(21-44)22-45-23-30)32(19-34(36)43)24-46-40(3,27-48)37(49)50/h5-8,10-13,18-20,22-23,46,48,52H,9,14-17,24-28H2,1-4H3,(H,49,50). The van der Waals surface area contributed by atoms with Crippen molar-refractivity contribution in [3.63, 3.8) is 0 Å². The van der Waals surface area contributed by atoms with Crippen LogP contribution in [0.1, 0.15) is 55.9 Å². The predicted octanol–water partition coefficient (Wildman–Crippen LogP) is 4.92. The van der Waals surface area contributed by atoms with Crippen molar-refractivity contribution in [2.24, 2.45) is 5.41 Å². The Labute approximate surface area is 332 Å². The molecule has 0 saturated carbocycles. The van der Waals surface area contributed by atoms with Crippen LogP contribution in [-0.2, 0) is 32.2 Å². The fourth-order valence-electron chi connectivity index (χ4n) is 6.90. The molecule has 5 rings (SSSR count). The van der Waals surface area contributed by atoms with Gasteiger partial charge in [-0.1, -0.05) is 67.9 Å². The monoisotopic (exact) mass is 788 g/mol. The highest BCUT2D eigenvalue weighted by Gasteiger charge is 2.49. The highest BCUT2D eigenvalue weighted by atomic mass is 35.5. The van der Waals surface area contributed by atoms with Crippen molar-refractivity contribution in [3.05, 3.63) is 106 Å². The lowest BCUT2D eigenvalue weighted by atomic mass is 9.65. The summed E-state index contributed by atoms with van der Waals surface area (Å²) in [6, 6.07) is 17.0. The highest BCUT2D eigenvalue weighted by Crippen LogP contribution is 2.49. The summed E-state index contributed by atoms with van der Waals surface area (Å²) in [7, 11) is 1.27. The minimum atomic E-state index is -1.63. The molecule has 13 nitrogen and oxygen atoms in total. The summed E-state index contributed by atoms with van der Waals surface area (Å²) in [5.41, 5.74) is -1.18. The van der Waals surface area contributed by atoms with Gasteiger partial charge in [0.15, 0.2) is 5.60 Å². The number of methoxy groups -OCH3 is 1. The normalized spacial score (nSPS) is 21.4. The van der Waals surface area contributed by atoms with E-state index < -0.39 is 40.7 Å². The molecule has 2 heterocycles. The minimum Gasteiger partial charge on any atom is -0.488 e. The smallest absolute Gasteiger partial charge is 0.339 e. The zero-order chi connectivity index (χ0) is 40.6. The third-order valence-electron chi connectivity index (χ3n) is 10.6. The molecule has 1 aromatic heterocycles. The van der Waals surface area contributed by atoms with Gasteiger partial charge in [-0.3, -0.25) is 20.0 Å². The van der Waals surface area contributed by atoms with Gasteiger partial charge in [0.05, 0.1) is 24.3 Å². The van der Waals surface area contributed by atoms with Crippen molar-refractivity contribution < 1.29 is 43.9 Å². The van der Waals surface area contributed by atoms with E-state index in [1.54, 1.807) is 24.4 Å². The maximum Gasteiger partial charge on any atom is 0.339 e. The maximum absolute atomic E-state index is 12.2. The van der Waals surface area contributed by atoms with Gasteiger partial charge in [-0.05, 0) is 42.7 Å². The van der Waals surface area contributed by atoms with E-state index in [0.717, 1.165) is 11.1 Å². The van der Waals surface area contributed by atoms with Gasteiger partial charge in [0.25, 0.3) is 0 Å². The second-order valence-corrected chi connectivity index (χ2v) is 15.3. The van der Waals surface area contributed by atoms with E-state index in [2.05, 4.69) is 48.4 Å². The van der Waals surface area contributed by atoms with Crippen molar-refractivity contribution in [2.45, 2.75) is 63.5 Å². The van der Waals surface area contributed by atoms with Crippen LogP contribution in [-0.4, -0.2) is 100 Å². The molecule has 0 radical (unpaired) electrons. The van der Waals surface area contributed by atoms with Gasteiger partial charge in [0.2, 0.25) is 0 Å². The number of nitriles is 1. The van der Waals surface area contributed by atoms with E-state index >= 15 is 0 Å². The number of hydrogen-bond acceptors (Lipinski definition) is 12. The van der Waals surface area contributed by atoms with Crippen molar-refractivity contribution in [1.29, 1.82) is 5.26 Å². The third kappa shape index (κ3) is 9.41. The van der Waals surface area contributed by atoms with Crippen molar-refractivity contribution in [1.82, 2.24) is 15.2 Å². The number of halogens is 1. The number of benzene rings is 2. The molecule has 56 heavy (non-hydrogen) atoms. The Kier molecular flexibility index (Phi) is 13.6. The van der Waals surface area contributed by atoms with Crippen molar-refractivity contribution in [3.8, 4) is 17.6 Å². The molecule has 3 unspecified atom stereocenters. The molecule has 1 saturated heterocycles. The molecule has 0 amide bonds. The fourth-order valence-corrected chi connectivity index (χ4v) is 7.14. The molecule has 0 bridgehead atoms. The number of likely N-dealkylation sites (tertiary alicyclic amines) is 1. The van der Waals surface area contributed by atoms with Crippen LogP contribution in [0.4, 0.5) is 0 Å². The van der Waals surface area contributed by atoms with Crippen LogP contribution in [0.5, 0.6) is 11.5 Å². The largest absolute Gasteiger partial charge is 0.488 e. The number of carbonyl (C=O) groups excluding carboxylic acids is 1. The lowest BCUT2D eigenvalue weighted by molar-refractivity contribution is -0.160. The van der Waals surface area contributed by atoms with E-state index in [-0.39, 0.29) is 31.3 Å². The lowest BCUT2D eigenvalue weighted by Crippen LogP contribution is -2.52. The number of aliphatic hydroxyl groups is 2. The summed E-state index contributed by atoms with van der Waals surface area (Å²) in [5, 5.41) is 42.8. The van der Waals surface area contributed by atoms with Crippen LogP contribution in [0.3, 0.4) is 0 Å². The number of aliphatic hydroxyl groups excluding tert-OH is 1. The van der Waals surface area contributed by atoms with Crippen LogP contribution in [0.2, 0.25) is 5.02 Å². The number of carbonyl (C=O) groups is 2. The molecule has 1 aliphatic carbocycles. The highest BCUT2D eigenvalue weighted by molar-refractivity contribution is 6.32. The Morgan fingerprint density at radius 2 is 1.89 bits per heavy atom. The average molecular weight is 789 g/mol. The SMILES string of the molecule is COC(=O)C1(O)CCN(CCCOC2(COc3cc(OCc4cncc(C#N)c4)c(CNC(C)(CO)C(=O)O)cc3Cl)C=CC=C(c3ccccc3)C2(C)C)C1. The molecule has 298 valence electrons. The number of aliphatic carboxylic acids is 1. The number of esters is 1. The number of aromatic nitrogens is 1. The Balaban J connectivity index is 1.41. The number of rotatable bonds is 18. The number of allylic oxidation sites excluding steroid dienone is 2. The molecule has 3 aromatic rings. The van der Waals surface area contributed by atoms with E-state index in [0.29, 0.717) is 60.7 Å². The Bertz CT molecular complexity index is 1980. The topological polar surface area (TPSA) is 184 Å². The maximum atomic E-state index is 12.2. The fraction of sp³-hybridized carbons (Fsp3) is 0.429. The first kappa shape index (κ1) is 42.3. The van der Waals surface area contributed by atoms with Gasteiger partial charge in [-0.2, -0.15) is 5.26 Å². The number of carboxylic acids is 1. The number of hydrogen-bond donors (Lipinski definition) is 4. The second kappa shape index (κ2) is 18.0. The van der Waals surface area contributed by atoms with Crippen LogP contribution >= 0.6 is 11.6 Å². The summed E-state index contributed by atoms with van der Waals surface area (Å²) in [4.78, 5) is 30.2. The number of carboxylic acid groups (broad SMARTS) is 1. The molecule has 1 aliphatic heterocycles. The number of β-amino-alcohol motifs (C(OH)–C–C–N with tert-alkyl or cyclic N) is 1. The van der Waals surface area contributed by atoms with E-state index in [1.165, 1.54) is 20.2 Å². The Morgan fingerprint density at radius 1 is 1.12 bits per heavy atom. The summed E-state index contributed by atoms with van der Waals surface area (Å²) in [6.45, 7) is 6.65. The predicted molar refractivity (Wildman–Crippen MR) is 209 cm³/mol. The van der Waals surface area contributed by atoms with E-state index in [1.807, 2.05) is 35.3 Å². The number of pyridine rings is 1. The summed E-state index contributed by atoms with van der Waals surface area (Å²) in [5.74, 6) is -1.24. The van der Waals surface area contributed by atoms with Gasteiger partial charge in [-0.15, -0.1) is 0 Å². The molecule has 0 spiro atoms. The van der Waals surface area contributed by atoms with Crippen LogP contribution in [0, 0.1) is 16.7 Å². The number of ether oxygens (including phenoxy) is 4. The Hall–Kier alpha value is -4.81. The zero-order valence-electron chi connectivity index (χ0n) is 32.1. The first-order valence-electron chi connectivity index (χ1n) is 18.3. The first-order valence-corrected chi connectivity index (χ1v) is 18.7. The van der Waals surface area contributed by atoms with Crippen LogP contribution < -0.4 is 14.8 Å². The van der Waals surface area contributed by atoms with Gasteiger partial charge in [-0.25, -0.2) is 4.79 Å². The van der Waals surface area contributed by atoms with Gasteiger partial charge < -0.3 is 34.3 Å². The number of nitrogens with one attached hydrogen (secondary N) is 1. The summed E-state index contributed by atoms with van der Waals surface area (Å²) in [6.07, 6.45) is 9.96. The lowest BCUT2D eigenvalue weighted by Gasteiger charge is -2.47. The first-order chi connectivity index (χ1) is 26.7. The molecule has 14 heteroatoms. The molecule has 3 atom stereocenters. The molecule has 1 fully saturated rings. The van der Waals surface area contributed by atoms with Crippen molar-refractivity contribution in [2.75, 3.05) is 46.6 Å². The van der Waals surface area contributed by atoms with Crippen LogP contribution in [0.25, 0.3) is 5.57 Å². The van der Waals surface area contributed by atoms with Crippen molar-refractivity contribution >= 4 is 29.1 Å². The summed E-state index contributed by atoms with van der Waals surface area (Å²) >= 11 is 6.87. The van der Waals surface area contributed by atoms with Crippen LogP contribution in [0.15, 0.2) is 79.2 Å². The summed E-state index contributed by atoms with van der Waals surface area (Å²) < 4.78 is 24.4. The van der Waals surface area contributed by atoms with Gasteiger partial charge >= 0.3 is 11.9 Å². The van der Waals surface area contributed by atoms with E-state index in [9.17, 15) is 30.2 Å². The minimum absolute atomic E-state index is 0.0166. The molecular weight excluding hydrogens is 740 g/mol. The molecular formula is C42H49ClN4O9. The Morgan fingerprint density at radius 3 is 2.59 bits per heavy atom. The van der Waals surface area contributed by atoms with E-state index in [4.69, 9.17) is 30.5 Å². The molecule has 2 aromatic carbocycles. The average Bonchev–Trinajstić information content (AvgIpc) is 3.59. The zero-order valence-corrected chi connectivity index (χ0v) is 32.8.